The average molecular weight is 814 g/mol. The molecule has 3 aliphatic rings. The van der Waals surface area contributed by atoms with Crippen LogP contribution in [0.3, 0.4) is 0 Å². The van der Waals surface area contributed by atoms with Crippen LogP contribution in [-0.4, -0.2) is 78.7 Å². The molecule has 10 nitrogen and oxygen atoms in total. The molecule has 0 saturated carbocycles. The average Bonchev–Trinajstić information content (AvgIpc) is 3.53. The van der Waals surface area contributed by atoms with Gasteiger partial charge in [0.15, 0.2) is 5.71 Å². The first-order chi connectivity index (χ1) is 27.6. The van der Waals surface area contributed by atoms with E-state index in [9.17, 15) is 27.7 Å². The minimum Gasteiger partial charge on any atom is -0.396 e. The van der Waals surface area contributed by atoms with E-state index in [1.807, 2.05) is 12.2 Å². The highest BCUT2D eigenvalue weighted by molar-refractivity contribution is 7.85. The molecule has 0 fully saturated rings. The van der Waals surface area contributed by atoms with Gasteiger partial charge < -0.3 is 20.6 Å². The van der Waals surface area contributed by atoms with Crippen LogP contribution in [0.2, 0.25) is 0 Å². The molecule has 0 aromatic heterocycles. The van der Waals surface area contributed by atoms with Crippen LogP contribution in [-0.2, 0) is 30.5 Å². The Kier molecular flexibility index (Phi) is 14.8. The van der Waals surface area contributed by atoms with E-state index in [2.05, 4.69) is 128 Å². The Morgan fingerprint density at radius 3 is 2.17 bits per heavy atom. The molecule has 1 atom stereocenters. The second-order valence-corrected chi connectivity index (χ2v) is 18.6. The van der Waals surface area contributed by atoms with E-state index in [-0.39, 0.29) is 36.8 Å². The Balaban J connectivity index is 1.62. The third-order valence-electron chi connectivity index (χ3n) is 12.0. The lowest BCUT2D eigenvalue weighted by Gasteiger charge is -2.35. The summed E-state index contributed by atoms with van der Waals surface area (Å²) in [5, 5.41) is 15.0. The number of amides is 2. The summed E-state index contributed by atoms with van der Waals surface area (Å²) in [6.45, 7) is 15.1. The molecular weight excluding hydrogens is 749 g/mol. The second kappa shape index (κ2) is 19.2. The van der Waals surface area contributed by atoms with Gasteiger partial charge in [0.05, 0.1) is 11.2 Å². The highest BCUT2D eigenvalue weighted by atomic mass is 32.2. The maximum Gasteiger partial charge on any atom is 0.266 e. The van der Waals surface area contributed by atoms with Gasteiger partial charge in [0.2, 0.25) is 17.5 Å². The summed E-state index contributed by atoms with van der Waals surface area (Å²) in [7, 11) is -4.35. The van der Waals surface area contributed by atoms with Crippen LogP contribution in [0.25, 0.3) is 0 Å². The van der Waals surface area contributed by atoms with Gasteiger partial charge in [0, 0.05) is 67.2 Å². The lowest BCUT2D eigenvalue weighted by Crippen LogP contribution is -2.53. The summed E-state index contributed by atoms with van der Waals surface area (Å²) in [6.07, 6.45) is 16.7. The number of fused-ring (bicyclic) bond motifs is 2. The molecule has 2 aromatic rings. The Morgan fingerprint density at radius 1 is 0.810 bits per heavy atom. The summed E-state index contributed by atoms with van der Waals surface area (Å²) < 4.78 is 35.2. The summed E-state index contributed by atoms with van der Waals surface area (Å²) in [6, 6.07) is 17.0. The molecule has 1 unspecified atom stereocenters. The molecule has 58 heavy (non-hydrogen) atoms. The third-order valence-corrected chi connectivity index (χ3v) is 12.7. The largest absolute Gasteiger partial charge is 0.396 e. The molecule has 2 amide bonds. The number of unbranched alkanes of at least 4 members (excludes halogenated alkanes) is 4. The second-order valence-electron chi connectivity index (χ2n) is 17.0. The topological polar surface area (TPSA) is 139 Å². The van der Waals surface area contributed by atoms with E-state index in [1.54, 1.807) is 0 Å². The van der Waals surface area contributed by atoms with Crippen molar-refractivity contribution in [3.63, 3.8) is 0 Å². The SMILES string of the molecule is CCCCN1C(=CC=C2C=C(C=CC3=[N+](CCC)c4ccccc4C3(C)C)CC(C(=O)NCCCCCCO)(C(=O)NCCS(=O)(=O)O)C2)C(C)(C)c2ccccc21. The minimum absolute atomic E-state index is 0.0967. The quantitative estimate of drug-likeness (QED) is 0.0491. The maximum atomic E-state index is 14.5. The summed E-state index contributed by atoms with van der Waals surface area (Å²) in [5.41, 5.74) is 6.54. The molecule has 5 rings (SSSR count). The molecule has 0 spiro atoms. The van der Waals surface area contributed by atoms with Gasteiger partial charge in [-0.15, -0.1) is 0 Å². The van der Waals surface area contributed by atoms with E-state index >= 15 is 0 Å². The van der Waals surface area contributed by atoms with E-state index in [1.165, 1.54) is 22.5 Å². The third kappa shape index (κ3) is 9.92. The number of anilines is 1. The van der Waals surface area contributed by atoms with Crippen molar-refractivity contribution in [2.75, 3.05) is 43.4 Å². The number of nitrogens with one attached hydrogen (secondary N) is 2. The van der Waals surface area contributed by atoms with Crippen LogP contribution in [0.5, 0.6) is 0 Å². The molecule has 2 heterocycles. The Morgan fingerprint density at radius 2 is 1.48 bits per heavy atom. The highest BCUT2D eigenvalue weighted by Crippen LogP contribution is 2.48. The number of allylic oxidation sites excluding steroid dienone is 8. The minimum atomic E-state index is -4.35. The molecule has 0 bridgehead atoms. The fraction of sp³-hybridized carbons (Fsp3) is 0.511. The number of nitrogens with zero attached hydrogens (tertiary/aromatic N) is 2. The molecular formula is C47H65N4O6S+. The molecule has 0 saturated heterocycles. The van der Waals surface area contributed by atoms with Crippen molar-refractivity contribution in [3.8, 4) is 0 Å². The van der Waals surface area contributed by atoms with Crippen LogP contribution < -0.4 is 15.5 Å². The van der Waals surface area contributed by atoms with Gasteiger partial charge in [-0.2, -0.15) is 13.0 Å². The van der Waals surface area contributed by atoms with Gasteiger partial charge in [-0.25, -0.2) is 0 Å². The van der Waals surface area contributed by atoms with Gasteiger partial charge >= 0.3 is 0 Å². The number of aliphatic hydroxyl groups is 1. The van der Waals surface area contributed by atoms with Crippen molar-refractivity contribution in [2.45, 2.75) is 110 Å². The molecule has 2 aliphatic heterocycles. The monoisotopic (exact) mass is 813 g/mol. The van der Waals surface area contributed by atoms with Crippen molar-refractivity contribution in [1.82, 2.24) is 10.6 Å². The molecule has 2 aromatic carbocycles. The smallest absolute Gasteiger partial charge is 0.266 e. The molecule has 1 aliphatic carbocycles. The number of carbonyl (C=O) groups is 2. The zero-order valence-electron chi connectivity index (χ0n) is 35.4. The van der Waals surface area contributed by atoms with Crippen LogP contribution in [0.15, 0.2) is 95.8 Å². The van der Waals surface area contributed by atoms with Crippen molar-refractivity contribution in [3.05, 3.63) is 107 Å². The van der Waals surface area contributed by atoms with Crippen molar-refractivity contribution >= 4 is 39.0 Å². The molecule has 0 radical (unpaired) electrons. The summed E-state index contributed by atoms with van der Waals surface area (Å²) >= 11 is 0. The Bertz CT molecular complexity index is 2090. The Labute approximate surface area is 346 Å². The predicted octanol–water partition coefficient (Wildman–Crippen LogP) is 7.82. The van der Waals surface area contributed by atoms with Crippen LogP contribution in [0.1, 0.15) is 110 Å². The van der Waals surface area contributed by atoms with Gasteiger partial charge in [0.1, 0.15) is 12.0 Å². The predicted molar refractivity (Wildman–Crippen MR) is 234 cm³/mol. The van der Waals surface area contributed by atoms with Gasteiger partial charge in [-0.05, 0) is 74.8 Å². The number of aliphatic hydroxyl groups excluding tert-OH is 1. The highest BCUT2D eigenvalue weighted by Gasteiger charge is 2.49. The van der Waals surface area contributed by atoms with Crippen molar-refractivity contribution in [2.24, 2.45) is 5.41 Å². The zero-order chi connectivity index (χ0) is 42.1. The number of hydrogen-bond acceptors (Lipinski definition) is 6. The van der Waals surface area contributed by atoms with Gasteiger partial charge in [-0.1, -0.05) is 102 Å². The first-order valence-corrected chi connectivity index (χ1v) is 22.8. The van der Waals surface area contributed by atoms with E-state index in [0.29, 0.717) is 19.4 Å². The number of carbonyl (C=O) groups excluding carboxylic acids is 2. The van der Waals surface area contributed by atoms with E-state index < -0.39 is 33.1 Å². The van der Waals surface area contributed by atoms with E-state index in [0.717, 1.165) is 67.7 Å². The van der Waals surface area contributed by atoms with Crippen molar-refractivity contribution < 1.29 is 32.2 Å². The lowest BCUT2D eigenvalue weighted by atomic mass is 9.70. The van der Waals surface area contributed by atoms with Gasteiger partial charge in [-0.3, -0.25) is 14.1 Å². The summed E-state index contributed by atoms with van der Waals surface area (Å²) in [5.74, 6) is -1.68. The Hall–Kier alpha value is -4.32. The molecule has 314 valence electrons. The standard InChI is InChI=1S/C47H64N4O6S/c1-7-9-29-51-40-21-15-13-19-38(40)46(5,6)42(51)25-23-36-32-35(22-24-41-45(3,4)37-18-12-14-20-39(37)50(41)28-8-2)33-47(34-36,44(54)49-27-31-58(55,56)57)43(53)48-26-16-10-11-17-30-52/h12-15,18-25,32,52H,7-11,16-17,26-31,33-34H2,1-6H3,(H2-,48,49,53,54,55,56,57)/p+1. The van der Waals surface area contributed by atoms with Crippen LogP contribution in [0.4, 0.5) is 11.4 Å². The number of benzene rings is 2. The summed E-state index contributed by atoms with van der Waals surface area (Å²) in [4.78, 5) is 31.4. The van der Waals surface area contributed by atoms with E-state index in [4.69, 9.17) is 0 Å². The first kappa shape index (κ1) is 44.8. The fourth-order valence-electron chi connectivity index (χ4n) is 8.84. The zero-order valence-corrected chi connectivity index (χ0v) is 36.3. The molecule has 11 heteroatoms. The first-order valence-electron chi connectivity index (χ1n) is 21.1. The number of rotatable bonds is 19. The van der Waals surface area contributed by atoms with Crippen LogP contribution >= 0.6 is 0 Å². The molecule has 4 N–H and O–H groups in total. The number of hydrogen-bond donors (Lipinski definition) is 4. The lowest BCUT2D eigenvalue weighted by molar-refractivity contribution is -0.437. The fourth-order valence-corrected chi connectivity index (χ4v) is 9.20. The maximum absolute atomic E-state index is 14.5. The number of para-hydroxylation sites is 2. The normalized spacial score (nSPS) is 21.1. The van der Waals surface area contributed by atoms with Crippen molar-refractivity contribution in [1.29, 1.82) is 0 Å². The van der Waals surface area contributed by atoms with Gasteiger partial charge in [0.25, 0.3) is 10.1 Å². The van der Waals surface area contributed by atoms with Crippen LogP contribution in [0, 0.1) is 5.41 Å².